The van der Waals surface area contributed by atoms with Gasteiger partial charge in [0.05, 0.1) is 5.69 Å². The van der Waals surface area contributed by atoms with Crippen LogP contribution in [-0.4, -0.2) is 21.3 Å². The Balaban J connectivity index is 2.41. The van der Waals surface area contributed by atoms with Crippen molar-refractivity contribution < 1.29 is 5.11 Å². The van der Waals surface area contributed by atoms with Crippen molar-refractivity contribution in [1.82, 2.24) is 9.97 Å². The van der Waals surface area contributed by atoms with Gasteiger partial charge < -0.3 is 5.11 Å². The minimum Gasteiger partial charge on any atom is -0.494 e. The minimum absolute atomic E-state index is 0.0894. The molecule has 0 atom stereocenters. The summed E-state index contributed by atoms with van der Waals surface area (Å²) in [6.45, 7) is 0. The zero-order valence-electron chi connectivity index (χ0n) is 8.68. The van der Waals surface area contributed by atoms with Gasteiger partial charge in [0, 0.05) is 6.21 Å². The van der Waals surface area contributed by atoms with Gasteiger partial charge in [-0.2, -0.15) is 0 Å². The molecule has 0 saturated heterocycles. The molecule has 0 aliphatic rings. The largest absolute Gasteiger partial charge is 0.494 e. The summed E-state index contributed by atoms with van der Waals surface area (Å²) in [4.78, 5) is 30.2. The molecule has 2 rings (SSSR count). The molecule has 0 fully saturated rings. The van der Waals surface area contributed by atoms with E-state index < -0.39 is 17.1 Å². The molecule has 6 nitrogen and oxygen atoms in total. The molecule has 0 amide bonds. The number of hydrogen-bond donors (Lipinski definition) is 3. The second-order valence-corrected chi connectivity index (χ2v) is 3.26. The van der Waals surface area contributed by atoms with E-state index in [9.17, 15) is 14.7 Å². The molecule has 0 unspecified atom stereocenters. The molecule has 1 aromatic heterocycles. The number of para-hydroxylation sites is 1. The van der Waals surface area contributed by atoms with Gasteiger partial charge in [0.1, 0.15) is 5.56 Å². The minimum atomic E-state index is -0.760. The number of nitrogens with one attached hydrogen (secondary N) is 2. The van der Waals surface area contributed by atoms with E-state index in [0.717, 1.165) is 0 Å². The first-order valence-corrected chi connectivity index (χ1v) is 4.81. The first-order chi connectivity index (χ1) is 8.16. The molecule has 0 radical (unpaired) electrons. The van der Waals surface area contributed by atoms with Crippen LogP contribution in [0.1, 0.15) is 5.56 Å². The lowest BCUT2D eigenvalue weighted by atomic mass is 10.3. The molecule has 0 saturated carbocycles. The summed E-state index contributed by atoms with van der Waals surface area (Å²) < 4.78 is 0. The quantitative estimate of drug-likeness (QED) is 0.657. The molecule has 1 aromatic carbocycles. The number of benzene rings is 1. The Hall–Kier alpha value is -2.63. The fourth-order valence-corrected chi connectivity index (χ4v) is 1.26. The first kappa shape index (κ1) is 10.9. The van der Waals surface area contributed by atoms with E-state index in [1.807, 2.05) is 11.1 Å². The van der Waals surface area contributed by atoms with Crippen LogP contribution in [0.5, 0.6) is 5.88 Å². The highest BCUT2D eigenvalue weighted by Crippen LogP contribution is 2.10. The van der Waals surface area contributed by atoms with Crippen LogP contribution in [-0.2, 0) is 0 Å². The average Bonchev–Trinajstić information content (AvgIpc) is 2.29. The van der Waals surface area contributed by atoms with Gasteiger partial charge in [0.15, 0.2) is 0 Å². The monoisotopic (exact) mass is 231 g/mol. The summed E-state index contributed by atoms with van der Waals surface area (Å²) in [5.41, 5.74) is -0.902. The van der Waals surface area contributed by atoms with Crippen LogP contribution in [0.4, 0.5) is 5.69 Å². The number of rotatable bonds is 2. The summed E-state index contributed by atoms with van der Waals surface area (Å²) in [6, 6.07) is 8.91. The molecule has 17 heavy (non-hydrogen) atoms. The van der Waals surface area contributed by atoms with Crippen LogP contribution in [0.3, 0.4) is 0 Å². The van der Waals surface area contributed by atoms with Gasteiger partial charge in [-0.15, -0.1) is 0 Å². The van der Waals surface area contributed by atoms with Gasteiger partial charge in [-0.1, -0.05) is 18.2 Å². The van der Waals surface area contributed by atoms with Crippen LogP contribution in [0.25, 0.3) is 0 Å². The van der Waals surface area contributed by atoms with Crippen LogP contribution >= 0.6 is 0 Å². The van der Waals surface area contributed by atoms with Crippen LogP contribution in [0.15, 0.2) is 44.9 Å². The second kappa shape index (κ2) is 4.48. The van der Waals surface area contributed by atoms with E-state index in [1.54, 1.807) is 24.3 Å². The number of aromatic hydroxyl groups is 1. The van der Waals surface area contributed by atoms with Gasteiger partial charge in [-0.3, -0.25) is 19.8 Å². The van der Waals surface area contributed by atoms with Crippen molar-refractivity contribution in [3.05, 3.63) is 56.7 Å². The Morgan fingerprint density at radius 1 is 1.12 bits per heavy atom. The van der Waals surface area contributed by atoms with E-state index in [2.05, 4.69) is 9.98 Å². The number of hydrogen-bond acceptors (Lipinski definition) is 4. The summed E-state index contributed by atoms with van der Waals surface area (Å²) >= 11 is 0. The topological polar surface area (TPSA) is 98.3 Å². The molecular weight excluding hydrogens is 222 g/mol. The molecule has 0 aliphatic heterocycles. The van der Waals surface area contributed by atoms with Crippen LogP contribution in [0, 0.1) is 0 Å². The number of H-pyrrole nitrogens is 2. The third-order valence-corrected chi connectivity index (χ3v) is 2.06. The summed E-state index contributed by atoms with van der Waals surface area (Å²) in [7, 11) is 0. The Bertz CT molecular complexity index is 656. The van der Waals surface area contributed by atoms with E-state index in [-0.39, 0.29) is 5.56 Å². The Labute approximate surface area is 95.3 Å². The number of aromatic amines is 2. The SMILES string of the molecule is O=c1[nH]c(O)c(C=Nc2ccccc2)c(=O)[nH]1. The Kier molecular flexibility index (Phi) is 2.87. The van der Waals surface area contributed by atoms with Crippen molar-refractivity contribution in [3.8, 4) is 5.88 Å². The van der Waals surface area contributed by atoms with E-state index in [0.29, 0.717) is 5.69 Å². The van der Waals surface area contributed by atoms with Crippen LogP contribution in [0.2, 0.25) is 0 Å². The number of nitrogens with zero attached hydrogens (tertiary/aromatic N) is 1. The van der Waals surface area contributed by atoms with E-state index >= 15 is 0 Å². The number of aromatic nitrogens is 2. The molecule has 3 N–H and O–H groups in total. The molecule has 1 heterocycles. The van der Waals surface area contributed by atoms with Gasteiger partial charge in [-0.25, -0.2) is 4.79 Å². The zero-order valence-corrected chi connectivity index (χ0v) is 8.68. The number of aliphatic imine (C=N–C) groups is 1. The van der Waals surface area contributed by atoms with Crippen molar-refractivity contribution in [2.75, 3.05) is 0 Å². The third kappa shape index (κ3) is 2.49. The molecule has 86 valence electrons. The molecular formula is C11H9N3O3. The first-order valence-electron chi connectivity index (χ1n) is 4.81. The average molecular weight is 231 g/mol. The molecule has 6 heteroatoms. The van der Waals surface area contributed by atoms with E-state index in [4.69, 9.17) is 0 Å². The Morgan fingerprint density at radius 3 is 2.47 bits per heavy atom. The van der Waals surface area contributed by atoms with Crippen molar-refractivity contribution in [1.29, 1.82) is 0 Å². The second-order valence-electron chi connectivity index (χ2n) is 3.26. The van der Waals surface area contributed by atoms with Gasteiger partial charge in [0.25, 0.3) is 5.56 Å². The summed E-state index contributed by atoms with van der Waals surface area (Å²) in [5, 5.41) is 9.38. The molecule has 2 aromatic rings. The van der Waals surface area contributed by atoms with Crippen molar-refractivity contribution in [2.24, 2.45) is 4.99 Å². The predicted octanol–water partition coefficient (Wildman–Crippen LogP) is 0.519. The van der Waals surface area contributed by atoms with Gasteiger partial charge >= 0.3 is 5.69 Å². The lowest BCUT2D eigenvalue weighted by Gasteiger charge is -1.96. The highest BCUT2D eigenvalue weighted by atomic mass is 16.3. The maximum atomic E-state index is 11.4. The highest BCUT2D eigenvalue weighted by molar-refractivity contribution is 5.83. The fourth-order valence-electron chi connectivity index (χ4n) is 1.26. The van der Waals surface area contributed by atoms with E-state index in [1.165, 1.54) is 6.21 Å². The Morgan fingerprint density at radius 2 is 1.82 bits per heavy atom. The lowest BCUT2D eigenvalue weighted by Crippen LogP contribution is -2.24. The normalized spacial score (nSPS) is 10.8. The molecule has 0 aliphatic carbocycles. The van der Waals surface area contributed by atoms with Crippen molar-refractivity contribution in [3.63, 3.8) is 0 Å². The summed E-state index contributed by atoms with van der Waals surface area (Å²) in [6.07, 6.45) is 1.19. The highest BCUT2D eigenvalue weighted by Gasteiger charge is 2.04. The summed E-state index contributed by atoms with van der Waals surface area (Å²) in [5.74, 6) is -0.501. The lowest BCUT2D eigenvalue weighted by molar-refractivity contribution is 0.447. The van der Waals surface area contributed by atoms with Gasteiger partial charge in [0.2, 0.25) is 5.88 Å². The fraction of sp³-hybridized carbons (Fsp3) is 0. The van der Waals surface area contributed by atoms with Gasteiger partial charge in [-0.05, 0) is 12.1 Å². The standard InChI is InChI=1S/C11H9N3O3/c15-9-8(10(16)14-11(17)13-9)6-12-7-4-2-1-3-5-7/h1-6H,(H3,13,14,15,16,17). The zero-order chi connectivity index (χ0) is 12.3. The maximum Gasteiger partial charge on any atom is 0.328 e. The smallest absolute Gasteiger partial charge is 0.328 e. The van der Waals surface area contributed by atoms with Crippen molar-refractivity contribution >= 4 is 11.9 Å². The van der Waals surface area contributed by atoms with Crippen molar-refractivity contribution in [2.45, 2.75) is 0 Å². The predicted molar refractivity (Wildman–Crippen MR) is 63.0 cm³/mol. The maximum absolute atomic E-state index is 11.4. The molecule has 0 spiro atoms. The third-order valence-electron chi connectivity index (χ3n) is 2.06. The molecule has 0 bridgehead atoms. The van der Waals surface area contributed by atoms with Crippen LogP contribution < -0.4 is 11.2 Å².